The molecule has 0 heterocycles. The van der Waals surface area contributed by atoms with Gasteiger partial charge in [-0.1, -0.05) is 0 Å². The molecule has 0 radical (unpaired) electrons. The van der Waals surface area contributed by atoms with Crippen LogP contribution in [0.4, 0.5) is 0 Å². The maximum Gasteiger partial charge on any atom is 0.0688 e. The standard InChI is InChI=1S/C10H23NO2/c1-8(12)10(4,5)11-7-6-9(2,3)13/h8,11-13H,6-7H2,1-5H3. The molecule has 0 amide bonds. The van der Waals surface area contributed by atoms with Gasteiger partial charge < -0.3 is 15.5 Å². The van der Waals surface area contributed by atoms with Crippen LogP contribution in [0, 0.1) is 0 Å². The van der Waals surface area contributed by atoms with Crippen molar-refractivity contribution in [3.8, 4) is 0 Å². The minimum Gasteiger partial charge on any atom is -0.392 e. The van der Waals surface area contributed by atoms with Gasteiger partial charge in [0.15, 0.2) is 0 Å². The fraction of sp³-hybridized carbons (Fsp3) is 1.00. The van der Waals surface area contributed by atoms with E-state index in [-0.39, 0.29) is 5.54 Å². The van der Waals surface area contributed by atoms with Crippen molar-refractivity contribution in [1.29, 1.82) is 0 Å². The first-order valence-corrected chi connectivity index (χ1v) is 4.80. The van der Waals surface area contributed by atoms with Crippen molar-refractivity contribution >= 4 is 0 Å². The summed E-state index contributed by atoms with van der Waals surface area (Å²) in [5.41, 5.74) is -0.924. The third-order valence-electron chi connectivity index (χ3n) is 2.36. The molecule has 3 nitrogen and oxygen atoms in total. The molecule has 3 heteroatoms. The number of hydrogen-bond donors (Lipinski definition) is 3. The second-order valence-corrected chi connectivity index (χ2v) is 4.89. The Hall–Kier alpha value is -0.120. The molecule has 3 N–H and O–H groups in total. The van der Waals surface area contributed by atoms with Crippen LogP contribution in [0.2, 0.25) is 0 Å². The Labute approximate surface area is 81.2 Å². The Morgan fingerprint density at radius 3 is 2.00 bits per heavy atom. The largest absolute Gasteiger partial charge is 0.392 e. The molecule has 0 spiro atoms. The molecule has 0 aromatic carbocycles. The Kier molecular flexibility index (Phi) is 4.36. The summed E-state index contributed by atoms with van der Waals surface area (Å²) in [7, 11) is 0. The lowest BCUT2D eigenvalue weighted by Gasteiger charge is -2.30. The number of aliphatic hydroxyl groups is 2. The van der Waals surface area contributed by atoms with Crippen LogP contribution in [-0.2, 0) is 0 Å². The first kappa shape index (κ1) is 12.9. The van der Waals surface area contributed by atoms with Crippen LogP contribution < -0.4 is 5.32 Å². The Morgan fingerprint density at radius 2 is 1.69 bits per heavy atom. The highest BCUT2D eigenvalue weighted by Gasteiger charge is 2.23. The van der Waals surface area contributed by atoms with Crippen molar-refractivity contribution in [2.24, 2.45) is 0 Å². The Balaban J connectivity index is 3.77. The van der Waals surface area contributed by atoms with Crippen molar-refractivity contribution in [3.63, 3.8) is 0 Å². The van der Waals surface area contributed by atoms with Crippen LogP contribution in [0.5, 0.6) is 0 Å². The summed E-state index contributed by atoms with van der Waals surface area (Å²) in [4.78, 5) is 0. The van der Waals surface area contributed by atoms with Gasteiger partial charge in [-0.05, 0) is 47.6 Å². The molecule has 0 saturated carbocycles. The van der Waals surface area contributed by atoms with Crippen LogP contribution in [0.15, 0.2) is 0 Å². The Morgan fingerprint density at radius 1 is 1.23 bits per heavy atom. The maximum absolute atomic E-state index is 9.45. The minimum absolute atomic E-state index is 0.286. The molecule has 0 aromatic heterocycles. The lowest BCUT2D eigenvalue weighted by molar-refractivity contribution is 0.0580. The number of nitrogens with one attached hydrogen (secondary N) is 1. The van der Waals surface area contributed by atoms with Crippen LogP contribution in [0.3, 0.4) is 0 Å². The van der Waals surface area contributed by atoms with Gasteiger partial charge in [0.25, 0.3) is 0 Å². The summed E-state index contributed by atoms with van der Waals surface area (Å²) >= 11 is 0. The number of rotatable bonds is 5. The zero-order chi connectivity index (χ0) is 10.7. The minimum atomic E-state index is -0.637. The molecular formula is C10H23NO2. The van der Waals surface area contributed by atoms with Crippen LogP contribution in [0.25, 0.3) is 0 Å². The molecule has 0 aliphatic rings. The monoisotopic (exact) mass is 189 g/mol. The van der Waals surface area contributed by atoms with E-state index in [0.717, 1.165) is 0 Å². The van der Waals surface area contributed by atoms with E-state index >= 15 is 0 Å². The first-order valence-electron chi connectivity index (χ1n) is 4.80. The highest BCUT2D eigenvalue weighted by molar-refractivity contribution is 4.83. The topological polar surface area (TPSA) is 52.5 Å². The molecule has 1 atom stereocenters. The Bertz CT molecular complexity index is 147. The maximum atomic E-state index is 9.45. The van der Waals surface area contributed by atoms with Gasteiger partial charge in [-0.15, -0.1) is 0 Å². The van der Waals surface area contributed by atoms with Gasteiger partial charge in [-0.25, -0.2) is 0 Å². The van der Waals surface area contributed by atoms with Gasteiger partial charge in [0.2, 0.25) is 0 Å². The van der Waals surface area contributed by atoms with E-state index in [0.29, 0.717) is 13.0 Å². The van der Waals surface area contributed by atoms with Gasteiger partial charge in [0.05, 0.1) is 11.7 Å². The van der Waals surface area contributed by atoms with E-state index in [1.165, 1.54) is 0 Å². The molecule has 0 aliphatic heterocycles. The highest BCUT2D eigenvalue weighted by atomic mass is 16.3. The molecule has 0 fully saturated rings. The molecule has 0 rings (SSSR count). The summed E-state index contributed by atoms with van der Waals surface area (Å²) in [6, 6.07) is 0. The quantitative estimate of drug-likeness (QED) is 0.602. The lowest BCUT2D eigenvalue weighted by Crippen LogP contribution is -2.49. The second-order valence-electron chi connectivity index (χ2n) is 4.89. The zero-order valence-electron chi connectivity index (χ0n) is 9.39. The van der Waals surface area contributed by atoms with E-state index < -0.39 is 11.7 Å². The second kappa shape index (κ2) is 4.40. The average Bonchev–Trinajstić information content (AvgIpc) is 1.82. The molecule has 0 bridgehead atoms. The number of aliphatic hydroxyl groups excluding tert-OH is 1. The average molecular weight is 189 g/mol. The predicted octanol–water partition coefficient (Wildman–Crippen LogP) is 0.896. The van der Waals surface area contributed by atoms with Gasteiger partial charge in [0.1, 0.15) is 0 Å². The van der Waals surface area contributed by atoms with Crippen molar-refractivity contribution in [2.45, 2.75) is 58.3 Å². The van der Waals surface area contributed by atoms with Crippen molar-refractivity contribution in [1.82, 2.24) is 5.32 Å². The van der Waals surface area contributed by atoms with Crippen molar-refractivity contribution in [2.75, 3.05) is 6.54 Å². The molecule has 80 valence electrons. The summed E-state index contributed by atoms with van der Waals surface area (Å²) in [6.45, 7) is 9.93. The molecular weight excluding hydrogens is 166 g/mol. The van der Waals surface area contributed by atoms with Crippen molar-refractivity contribution < 1.29 is 10.2 Å². The van der Waals surface area contributed by atoms with Crippen LogP contribution >= 0.6 is 0 Å². The number of hydrogen-bond acceptors (Lipinski definition) is 3. The lowest BCUT2D eigenvalue weighted by atomic mass is 9.97. The fourth-order valence-electron chi connectivity index (χ4n) is 0.838. The zero-order valence-corrected chi connectivity index (χ0v) is 9.39. The molecule has 0 aromatic rings. The van der Waals surface area contributed by atoms with Crippen LogP contribution in [0.1, 0.15) is 41.0 Å². The van der Waals surface area contributed by atoms with E-state index in [4.69, 9.17) is 0 Å². The highest BCUT2D eigenvalue weighted by Crippen LogP contribution is 2.10. The normalized spacial score (nSPS) is 15.9. The molecule has 0 aliphatic carbocycles. The van der Waals surface area contributed by atoms with Crippen molar-refractivity contribution in [3.05, 3.63) is 0 Å². The molecule has 13 heavy (non-hydrogen) atoms. The van der Waals surface area contributed by atoms with Gasteiger partial charge in [-0.2, -0.15) is 0 Å². The van der Waals surface area contributed by atoms with Gasteiger partial charge in [-0.3, -0.25) is 0 Å². The van der Waals surface area contributed by atoms with Gasteiger partial charge >= 0.3 is 0 Å². The van der Waals surface area contributed by atoms with E-state index in [1.807, 2.05) is 13.8 Å². The third kappa shape index (κ3) is 6.02. The van der Waals surface area contributed by atoms with E-state index in [2.05, 4.69) is 5.32 Å². The fourth-order valence-corrected chi connectivity index (χ4v) is 0.838. The summed E-state index contributed by atoms with van der Waals surface area (Å²) < 4.78 is 0. The predicted molar refractivity (Wildman–Crippen MR) is 54.7 cm³/mol. The smallest absolute Gasteiger partial charge is 0.0688 e. The third-order valence-corrected chi connectivity index (χ3v) is 2.36. The molecule has 1 unspecified atom stereocenters. The molecule has 0 saturated heterocycles. The van der Waals surface area contributed by atoms with Crippen LogP contribution in [-0.4, -0.2) is 34.0 Å². The summed E-state index contributed by atoms with van der Waals surface area (Å²) in [5.74, 6) is 0. The van der Waals surface area contributed by atoms with E-state index in [1.54, 1.807) is 20.8 Å². The van der Waals surface area contributed by atoms with Gasteiger partial charge in [0, 0.05) is 5.54 Å². The summed E-state index contributed by atoms with van der Waals surface area (Å²) in [5, 5.41) is 22.0. The summed E-state index contributed by atoms with van der Waals surface area (Å²) in [6.07, 6.45) is 0.290. The first-order chi connectivity index (χ1) is 5.65. The van der Waals surface area contributed by atoms with E-state index in [9.17, 15) is 10.2 Å². The SMILES string of the molecule is CC(O)C(C)(C)NCCC(C)(C)O.